The van der Waals surface area contributed by atoms with Crippen molar-refractivity contribution in [1.29, 1.82) is 0 Å². The lowest BCUT2D eigenvalue weighted by Crippen LogP contribution is -2.52. The quantitative estimate of drug-likeness (QED) is 0.412. The van der Waals surface area contributed by atoms with E-state index < -0.39 is 0 Å². The van der Waals surface area contributed by atoms with Crippen LogP contribution in [0.1, 0.15) is 5.69 Å². The number of ether oxygens (including phenoxy) is 1. The highest BCUT2D eigenvalue weighted by Crippen LogP contribution is 2.10. The van der Waals surface area contributed by atoms with E-state index in [1.54, 1.807) is 26.6 Å². The van der Waals surface area contributed by atoms with E-state index in [-0.39, 0.29) is 24.0 Å². The Bertz CT molecular complexity index is 705. The minimum atomic E-state index is 0. The molecule has 1 N–H and O–H groups in total. The van der Waals surface area contributed by atoms with Crippen molar-refractivity contribution in [3.05, 3.63) is 42.4 Å². The third kappa shape index (κ3) is 5.16. The van der Waals surface area contributed by atoms with Crippen molar-refractivity contribution in [1.82, 2.24) is 25.2 Å². The van der Waals surface area contributed by atoms with Gasteiger partial charge < -0.3 is 19.9 Å². The van der Waals surface area contributed by atoms with E-state index in [2.05, 4.69) is 35.1 Å². The number of nitrogens with zero attached hydrogens (tertiary/aromatic N) is 6. The number of anilines is 1. The number of methoxy groups -OCH3 is 1. The van der Waals surface area contributed by atoms with Crippen molar-refractivity contribution >= 4 is 35.9 Å². The maximum absolute atomic E-state index is 5.16. The number of rotatable bonds is 4. The molecule has 1 fully saturated rings. The molecule has 3 rings (SSSR count). The van der Waals surface area contributed by atoms with Gasteiger partial charge in [-0.3, -0.25) is 4.99 Å². The van der Waals surface area contributed by atoms with Gasteiger partial charge in [-0.25, -0.2) is 15.0 Å². The van der Waals surface area contributed by atoms with Crippen LogP contribution in [0.25, 0.3) is 0 Å². The Labute approximate surface area is 170 Å². The highest BCUT2D eigenvalue weighted by atomic mass is 127. The fourth-order valence-electron chi connectivity index (χ4n) is 2.74. The second-order valence-corrected chi connectivity index (χ2v) is 5.59. The summed E-state index contributed by atoms with van der Waals surface area (Å²) in [5.74, 6) is 2.27. The van der Waals surface area contributed by atoms with Crippen LogP contribution in [-0.2, 0) is 6.54 Å². The number of hydrogen-bond donors (Lipinski definition) is 1. The van der Waals surface area contributed by atoms with Crippen LogP contribution in [0, 0.1) is 0 Å². The lowest BCUT2D eigenvalue weighted by atomic mass is 10.3. The van der Waals surface area contributed by atoms with E-state index in [0.717, 1.165) is 43.8 Å². The summed E-state index contributed by atoms with van der Waals surface area (Å²) in [7, 11) is 3.42. The Balaban J connectivity index is 0.00000243. The van der Waals surface area contributed by atoms with Crippen molar-refractivity contribution in [2.24, 2.45) is 4.99 Å². The molecule has 26 heavy (non-hydrogen) atoms. The van der Waals surface area contributed by atoms with Gasteiger partial charge in [0.2, 0.25) is 11.8 Å². The first-order chi connectivity index (χ1) is 12.3. The van der Waals surface area contributed by atoms with E-state index in [0.29, 0.717) is 12.4 Å². The maximum Gasteiger partial charge on any atom is 0.225 e. The molecule has 1 aliphatic rings. The summed E-state index contributed by atoms with van der Waals surface area (Å²) in [4.78, 5) is 21.9. The highest BCUT2D eigenvalue weighted by molar-refractivity contribution is 14.0. The van der Waals surface area contributed by atoms with Crippen LogP contribution in [0.4, 0.5) is 5.95 Å². The topological polar surface area (TPSA) is 78.8 Å². The molecular formula is C17H24IN7O. The molecule has 0 atom stereocenters. The number of aromatic nitrogens is 3. The minimum Gasteiger partial charge on any atom is -0.481 e. The molecule has 0 radical (unpaired) electrons. The van der Waals surface area contributed by atoms with Gasteiger partial charge in [0.15, 0.2) is 5.96 Å². The largest absolute Gasteiger partial charge is 0.481 e. The normalized spacial score (nSPS) is 14.6. The predicted molar refractivity (Wildman–Crippen MR) is 112 cm³/mol. The van der Waals surface area contributed by atoms with Crippen LogP contribution in [0.5, 0.6) is 5.88 Å². The Morgan fingerprint density at radius 2 is 1.88 bits per heavy atom. The molecule has 1 aliphatic heterocycles. The monoisotopic (exact) mass is 469 g/mol. The van der Waals surface area contributed by atoms with Gasteiger partial charge in [-0.1, -0.05) is 6.07 Å². The number of aliphatic imine (C=N–C) groups is 1. The van der Waals surface area contributed by atoms with E-state index in [1.807, 2.05) is 24.3 Å². The highest BCUT2D eigenvalue weighted by Gasteiger charge is 2.21. The molecule has 1 saturated heterocycles. The van der Waals surface area contributed by atoms with Crippen LogP contribution >= 0.6 is 24.0 Å². The van der Waals surface area contributed by atoms with E-state index in [9.17, 15) is 0 Å². The average Bonchev–Trinajstić information content (AvgIpc) is 2.70. The molecule has 0 bridgehead atoms. The third-order valence-corrected chi connectivity index (χ3v) is 4.04. The molecule has 0 aliphatic carbocycles. The van der Waals surface area contributed by atoms with E-state index >= 15 is 0 Å². The molecule has 0 saturated carbocycles. The zero-order valence-corrected chi connectivity index (χ0v) is 17.3. The Morgan fingerprint density at radius 3 is 2.54 bits per heavy atom. The lowest BCUT2D eigenvalue weighted by Gasteiger charge is -2.36. The summed E-state index contributed by atoms with van der Waals surface area (Å²) >= 11 is 0. The molecule has 0 unspecified atom stereocenters. The number of halogens is 1. The van der Waals surface area contributed by atoms with Crippen LogP contribution in [0.3, 0.4) is 0 Å². The molecule has 8 nitrogen and oxygen atoms in total. The zero-order valence-electron chi connectivity index (χ0n) is 15.0. The fraction of sp³-hybridized carbons (Fsp3) is 0.412. The van der Waals surface area contributed by atoms with Gasteiger partial charge in [0, 0.05) is 51.7 Å². The standard InChI is InChI=1S/C17H23N7O.HI/c1-18-16(21-13-14-5-3-6-15(22-14)25-2)23-9-11-24(12-10-23)17-19-7-4-8-20-17;/h3-8H,9-13H2,1-2H3,(H,18,21);1H. The number of pyridine rings is 1. The zero-order chi connectivity index (χ0) is 17.5. The summed E-state index contributed by atoms with van der Waals surface area (Å²) < 4.78 is 5.16. The second kappa shape index (κ2) is 10.1. The van der Waals surface area contributed by atoms with Gasteiger partial charge in [0.05, 0.1) is 19.3 Å². The maximum atomic E-state index is 5.16. The molecule has 0 spiro atoms. The van der Waals surface area contributed by atoms with E-state index in [1.165, 1.54) is 0 Å². The molecule has 2 aromatic rings. The number of hydrogen-bond acceptors (Lipinski definition) is 6. The van der Waals surface area contributed by atoms with Gasteiger partial charge in [-0.05, 0) is 12.1 Å². The first kappa shape index (κ1) is 20.1. The van der Waals surface area contributed by atoms with Crippen LogP contribution in [0.15, 0.2) is 41.7 Å². The van der Waals surface area contributed by atoms with Crippen LogP contribution in [0.2, 0.25) is 0 Å². The van der Waals surface area contributed by atoms with Gasteiger partial charge in [-0.2, -0.15) is 0 Å². The molecule has 0 amide bonds. The number of nitrogens with one attached hydrogen (secondary N) is 1. The van der Waals surface area contributed by atoms with Gasteiger partial charge in [0.1, 0.15) is 0 Å². The molecule has 3 heterocycles. The third-order valence-electron chi connectivity index (χ3n) is 4.04. The molecule has 0 aromatic carbocycles. The van der Waals surface area contributed by atoms with Crippen molar-refractivity contribution in [2.45, 2.75) is 6.54 Å². The van der Waals surface area contributed by atoms with Crippen molar-refractivity contribution < 1.29 is 4.74 Å². The Hall–Kier alpha value is -2.17. The molecular weight excluding hydrogens is 445 g/mol. The van der Waals surface area contributed by atoms with Crippen molar-refractivity contribution in [3.63, 3.8) is 0 Å². The number of piperazine rings is 1. The van der Waals surface area contributed by atoms with Gasteiger partial charge in [0.25, 0.3) is 0 Å². The van der Waals surface area contributed by atoms with Crippen LogP contribution < -0.4 is 15.0 Å². The van der Waals surface area contributed by atoms with Gasteiger partial charge in [-0.15, -0.1) is 24.0 Å². The summed E-state index contributed by atoms with van der Waals surface area (Å²) in [5.41, 5.74) is 0.914. The molecule has 9 heteroatoms. The van der Waals surface area contributed by atoms with Gasteiger partial charge >= 0.3 is 0 Å². The first-order valence-corrected chi connectivity index (χ1v) is 8.27. The Morgan fingerprint density at radius 1 is 1.15 bits per heavy atom. The summed E-state index contributed by atoms with van der Waals surface area (Å²) in [6.07, 6.45) is 3.55. The predicted octanol–water partition coefficient (Wildman–Crippen LogP) is 1.40. The summed E-state index contributed by atoms with van der Waals surface area (Å²) in [6.45, 7) is 4.06. The summed E-state index contributed by atoms with van der Waals surface area (Å²) in [5, 5.41) is 3.37. The van der Waals surface area contributed by atoms with Crippen molar-refractivity contribution in [3.8, 4) is 5.88 Å². The van der Waals surface area contributed by atoms with Crippen LogP contribution in [-0.4, -0.2) is 66.1 Å². The first-order valence-electron chi connectivity index (χ1n) is 8.27. The Kier molecular flexibility index (Phi) is 7.82. The smallest absolute Gasteiger partial charge is 0.225 e. The lowest BCUT2D eigenvalue weighted by molar-refractivity contribution is 0.369. The second-order valence-electron chi connectivity index (χ2n) is 5.59. The molecule has 2 aromatic heterocycles. The average molecular weight is 469 g/mol. The SMILES string of the molecule is CN=C(NCc1cccc(OC)n1)N1CCN(c2ncccn2)CC1.I. The number of guanidine groups is 1. The van der Waals surface area contributed by atoms with E-state index in [4.69, 9.17) is 4.74 Å². The summed E-state index contributed by atoms with van der Waals surface area (Å²) in [6, 6.07) is 7.57. The molecule has 140 valence electrons. The minimum absolute atomic E-state index is 0. The fourth-order valence-corrected chi connectivity index (χ4v) is 2.74. The van der Waals surface area contributed by atoms with Crippen molar-refractivity contribution in [2.75, 3.05) is 45.2 Å².